The van der Waals surface area contributed by atoms with Crippen molar-refractivity contribution in [2.45, 2.75) is 20.4 Å². The van der Waals surface area contributed by atoms with Gasteiger partial charge in [-0.1, -0.05) is 29.8 Å². The Morgan fingerprint density at radius 1 is 0.943 bits per heavy atom. The van der Waals surface area contributed by atoms with Crippen LogP contribution >= 0.6 is 11.6 Å². The van der Waals surface area contributed by atoms with E-state index in [9.17, 15) is 4.39 Å². The van der Waals surface area contributed by atoms with Crippen LogP contribution in [0.2, 0.25) is 5.02 Å². The van der Waals surface area contributed by atoms with Crippen molar-refractivity contribution in [3.05, 3.63) is 77.1 Å². The van der Waals surface area contributed by atoms with E-state index >= 15 is 0 Å². The maximum atomic E-state index is 14.9. The Morgan fingerprint density at radius 3 is 2.54 bits per heavy atom. The van der Waals surface area contributed by atoms with E-state index in [4.69, 9.17) is 26.3 Å². The van der Waals surface area contributed by atoms with Crippen LogP contribution in [0.3, 0.4) is 0 Å². The van der Waals surface area contributed by atoms with Crippen LogP contribution in [0.15, 0.2) is 54.9 Å². The lowest BCUT2D eigenvalue weighted by atomic mass is 10.1. The molecule has 0 bridgehead atoms. The number of ether oxygens (including phenoxy) is 1. The summed E-state index contributed by atoms with van der Waals surface area (Å²) in [7, 11) is 1.66. The Hall–Kier alpha value is -3.75. The zero-order valence-electron chi connectivity index (χ0n) is 19.5. The van der Waals surface area contributed by atoms with Gasteiger partial charge in [0.15, 0.2) is 11.5 Å². The summed E-state index contributed by atoms with van der Waals surface area (Å²) in [6.45, 7) is 4.97. The number of hydrogen-bond donors (Lipinski definition) is 0. The Bertz CT molecular complexity index is 1550. The minimum Gasteiger partial charge on any atom is -0.383 e. The third-order valence-electron chi connectivity index (χ3n) is 5.74. The van der Waals surface area contributed by atoms with Crippen molar-refractivity contribution in [1.82, 2.24) is 29.7 Å². The Labute approximate surface area is 206 Å². The quantitative estimate of drug-likeness (QED) is 0.306. The summed E-state index contributed by atoms with van der Waals surface area (Å²) in [5.41, 5.74) is 5.67. The van der Waals surface area contributed by atoms with E-state index in [1.165, 1.54) is 6.07 Å². The number of halogens is 2. The molecule has 5 aromatic rings. The van der Waals surface area contributed by atoms with Crippen LogP contribution in [0.1, 0.15) is 11.4 Å². The van der Waals surface area contributed by atoms with Gasteiger partial charge in [0.05, 0.1) is 30.7 Å². The van der Waals surface area contributed by atoms with E-state index in [-0.39, 0.29) is 5.56 Å². The normalized spacial score (nSPS) is 11.3. The summed E-state index contributed by atoms with van der Waals surface area (Å²) in [5.74, 6) is -0.0614. The topological polar surface area (TPSA) is 78.6 Å². The van der Waals surface area contributed by atoms with Crippen LogP contribution < -0.4 is 0 Å². The molecule has 176 valence electrons. The molecule has 9 heteroatoms. The molecule has 0 saturated heterocycles. The Morgan fingerprint density at radius 2 is 1.74 bits per heavy atom. The summed E-state index contributed by atoms with van der Waals surface area (Å²) in [5, 5.41) is 4.70. The number of fused-ring (bicyclic) bond motifs is 1. The van der Waals surface area contributed by atoms with Crippen LogP contribution in [0.25, 0.3) is 44.9 Å². The fourth-order valence-corrected chi connectivity index (χ4v) is 3.93. The molecule has 0 aliphatic carbocycles. The molecule has 0 aliphatic rings. The molecule has 0 saturated carbocycles. The maximum absolute atomic E-state index is 14.9. The molecule has 2 aromatic carbocycles. The average Bonchev–Trinajstić information content (AvgIpc) is 3.32. The lowest BCUT2D eigenvalue weighted by Gasteiger charge is -2.11. The Kier molecular flexibility index (Phi) is 6.23. The molecule has 0 fully saturated rings. The first-order valence-electron chi connectivity index (χ1n) is 11.0. The van der Waals surface area contributed by atoms with Gasteiger partial charge in [0.25, 0.3) is 0 Å². The summed E-state index contributed by atoms with van der Waals surface area (Å²) in [4.78, 5) is 18.7. The first-order chi connectivity index (χ1) is 16.9. The zero-order chi connectivity index (χ0) is 24.5. The molecule has 7 nitrogen and oxygen atoms in total. The lowest BCUT2D eigenvalue weighted by Crippen LogP contribution is -2.03. The van der Waals surface area contributed by atoms with Crippen molar-refractivity contribution in [2.24, 2.45) is 0 Å². The van der Waals surface area contributed by atoms with Gasteiger partial charge in [-0.3, -0.25) is 4.68 Å². The van der Waals surface area contributed by atoms with E-state index in [1.54, 1.807) is 19.2 Å². The van der Waals surface area contributed by atoms with Gasteiger partial charge in [0.2, 0.25) is 0 Å². The van der Waals surface area contributed by atoms with Crippen LogP contribution in [-0.2, 0) is 11.3 Å². The average molecular weight is 489 g/mol. The second kappa shape index (κ2) is 9.48. The molecule has 0 unspecified atom stereocenters. The van der Waals surface area contributed by atoms with Gasteiger partial charge in [-0.25, -0.2) is 24.3 Å². The van der Waals surface area contributed by atoms with Gasteiger partial charge in [-0.15, -0.1) is 0 Å². The zero-order valence-corrected chi connectivity index (χ0v) is 20.2. The number of benzene rings is 2. The molecule has 0 N–H and O–H groups in total. The van der Waals surface area contributed by atoms with Gasteiger partial charge in [-0.2, -0.15) is 5.10 Å². The molecule has 0 amide bonds. The van der Waals surface area contributed by atoms with Gasteiger partial charge in [0.1, 0.15) is 17.0 Å². The molecule has 5 rings (SSSR count). The van der Waals surface area contributed by atoms with Crippen LogP contribution in [-0.4, -0.2) is 43.4 Å². The van der Waals surface area contributed by atoms with Crippen molar-refractivity contribution in [1.29, 1.82) is 0 Å². The number of aryl methyl sites for hydroxylation is 2. The summed E-state index contributed by atoms with van der Waals surface area (Å²) in [6.07, 6.45) is 3.77. The monoisotopic (exact) mass is 488 g/mol. The molecule has 0 spiro atoms. The standard InChI is InChI=1S/C26H22ClFN6O/c1-15-16(2)31-26-24(30-15)23(21-8-7-20(27)12-22(21)28)32-25(33-26)18-6-4-5-17(11-18)19-13-29-34(14-19)9-10-35-3/h4-8,11-14H,9-10H2,1-3H3. The minimum absolute atomic E-state index is 0.288. The van der Waals surface area contributed by atoms with Gasteiger partial charge in [0, 0.05) is 35.0 Å². The second-order valence-corrected chi connectivity index (χ2v) is 8.59. The van der Waals surface area contributed by atoms with Crippen molar-refractivity contribution < 1.29 is 9.13 Å². The summed E-state index contributed by atoms with van der Waals surface area (Å²) in [6, 6.07) is 12.3. The van der Waals surface area contributed by atoms with Crippen LogP contribution in [0.5, 0.6) is 0 Å². The first-order valence-corrected chi connectivity index (χ1v) is 11.4. The fourth-order valence-electron chi connectivity index (χ4n) is 3.77. The highest BCUT2D eigenvalue weighted by atomic mass is 35.5. The summed E-state index contributed by atoms with van der Waals surface area (Å²) < 4.78 is 21.9. The van der Waals surface area contributed by atoms with E-state index in [1.807, 2.05) is 55.2 Å². The van der Waals surface area contributed by atoms with Crippen molar-refractivity contribution in [3.63, 3.8) is 0 Å². The van der Waals surface area contributed by atoms with Gasteiger partial charge in [-0.05, 0) is 43.7 Å². The molecule has 0 aliphatic heterocycles. The third kappa shape index (κ3) is 4.62. The molecule has 3 heterocycles. The highest BCUT2D eigenvalue weighted by molar-refractivity contribution is 6.30. The first kappa shape index (κ1) is 23.0. The van der Waals surface area contributed by atoms with E-state index in [2.05, 4.69) is 15.1 Å². The maximum Gasteiger partial charge on any atom is 0.182 e. The van der Waals surface area contributed by atoms with E-state index in [0.29, 0.717) is 40.9 Å². The predicted molar refractivity (Wildman–Crippen MR) is 134 cm³/mol. The third-order valence-corrected chi connectivity index (χ3v) is 5.98. The molecule has 3 aromatic heterocycles. The molecular weight excluding hydrogens is 467 g/mol. The number of rotatable bonds is 6. The Balaban J connectivity index is 1.65. The lowest BCUT2D eigenvalue weighted by molar-refractivity contribution is 0.183. The smallest absolute Gasteiger partial charge is 0.182 e. The molecule has 35 heavy (non-hydrogen) atoms. The number of nitrogens with zero attached hydrogens (tertiary/aromatic N) is 6. The van der Waals surface area contributed by atoms with Crippen molar-refractivity contribution in [3.8, 4) is 33.8 Å². The molecule has 0 radical (unpaired) electrons. The number of aromatic nitrogens is 6. The minimum atomic E-state index is -0.485. The summed E-state index contributed by atoms with van der Waals surface area (Å²) >= 11 is 5.99. The SMILES string of the molecule is COCCn1cc(-c2cccc(-c3nc(-c4ccc(Cl)cc4F)c4nc(C)c(C)nc4n3)c2)cn1. The van der Waals surface area contributed by atoms with Gasteiger partial charge >= 0.3 is 0 Å². The van der Waals surface area contributed by atoms with E-state index in [0.717, 1.165) is 28.1 Å². The van der Waals surface area contributed by atoms with E-state index < -0.39 is 5.82 Å². The molecule has 0 atom stereocenters. The van der Waals surface area contributed by atoms with Crippen molar-refractivity contribution >= 4 is 22.8 Å². The van der Waals surface area contributed by atoms with Crippen LogP contribution in [0.4, 0.5) is 4.39 Å². The predicted octanol–water partition coefficient (Wildman–Crippen LogP) is 5.67. The number of methoxy groups -OCH3 is 1. The molecular formula is C26H22ClFN6O. The van der Waals surface area contributed by atoms with Crippen molar-refractivity contribution in [2.75, 3.05) is 13.7 Å². The highest BCUT2D eigenvalue weighted by Gasteiger charge is 2.18. The second-order valence-electron chi connectivity index (χ2n) is 8.15. The van der Waals surface area contributed by atoms with Gasteiger partial charge < -0.3 is 4.74 Å². The largest absolute Gasteiger partial charge is 0.383 e. The highest BCUT2D eigenvalue weighted by Crippen LogP contribution is 2.32. The fraction of sp³-hybridized carbons (Fsp3) is 0.192. The number of hydrogen-bond acceptors (Lipinski definition) is 6. The van der Waals surface area contributed by atoms with Crippen LogP contribution in [0, 0.1) is 19.7 Å².